The number of hydrogen-bond donors (Lipinski definition) is 0. The van der Waals surface area contributed by atoms with Crippen molar-refractivity contribution in [1.82, 2.24) is 0 Å². The SMILES string of the molecule is CC(C)C1(Oc2cc(C(=O)[O-])c3c(c2F)CCC3)CCCC1. The first kappa shape index (κ1) is 15.3. The van der Waals surface area contributed by atoms with Crippen LogP contribution in [0, 0.1) is 11.7 Å². The molecule has 0 radical (unpaired) electrons. The van der Waals surface area contributed by atoms with Crippen molar-refractivity contribution in [3.63, 3.8) is 0 Å². The Morgan fingerprint density at radius 1 is 1.23 bits per heavy atom. The van der Waals surface area contributed by atoms with Crippen LogP contribution < -0.4 is 9.84 Å². The maximum Gasteiger partial charge on any atom is 0.168 e. The molecule has 0 aliphatic heterocycles. The van der Waals surface area contributed by atoms with Crippen LogP contribution in [0.3, 0.4) is 0 Å². The number of fused-ring (bicyclic) bond motifs is 1. The van der Waals surface area contributed by atoms with E-state index < -0.39 is 5.97 Å². The maximum absolute atomic E-state index is 14.8. The van der Waals surface area contributed by atoms with Crippen LogP contribution in [0.4, 0.5) is 4.39 Å². The highest BCUT2D eigenvalue weighted by molar-refractivity contribution is 5.89. The monoisotopic (exact) mass is 305 g/mol. The molecule has 0 N–H and O–H groups in total. The van der Waals surface area contributed by atoms with Gasteiger partial charge < -0.3 is 14.6 Å². The molecular weight excluding hydrogens is 283 g/mol. The number of carbonyl (C=O) groups is 1. The molecule has 3 nitrogen and oxygen atoms in total. The Balaban J connectivity index is 2.04. The van der Waals surface area contributed by atoms with Crippen molar-refractivity contribution in [3.8, 4) is 5.75 Å². The van der Waals surface area contributed by atoms with Crippen LogP contribution in [-0.2, 0) is 12.8 Å². The summed E-state index contributed by atoms with van der Waals surface area (Å²) in [6.45, 7) is 4.16. The molecule has 1 aromatic carbocycles. The fourth-order valence-electron chi connectivity index (χ4n) is 3.96. The van der Waals surface area contributed by atoms with Crippen molar-refractivity contribution in [2.24, 2.45) is 5.92 Å². The Labute approximate surface area is 130 Å². The molecule has 0 amide bonds. The van der Waals surface area contributed by atoms with E-state index in [0.717, 1.165) is 32.1 Å². The first-order chi connectivity index (χ1) is 10.4. The van der Waals surface area contributed by atoms with Crippen LogP contribution in [0.25, 0.3) is 0 Å². The van der Waals surface area contributed by atoms with Crippen LogP contribution in [0.2, 0.25) is 0 Å². The number of hydrogen-bond acceptors (Lipinski definition) is 3. The van der Waals surface area contributed by atoms with Gasteiger partial charge in [-0.2, -0.15) is 0 Å². The molecule has 0 aromatic heterocycles. The lowest BCUT2D eigenvalue weighted by atomic mass is 9.88. The smallest absolute Gasteiger partial charge is 0.168 e. The number of halogens is 1. The summed E-state index contributed by atoms with van der Waals surface area (Å²) in [6.07, 6.45) is 5.88. The molecule has 120 valence electrons. The fraction of sp³-hybridized carbons (Fsp3) is 0.611. The third-order valence-corrected chi connectivity index (χ3v) is 5.33. The van der Waals surface area contributed by atoms with E-state index in [0.29, 0.717) is 24.0 Å². The second-order valence-electron chi connectivity index (χ2n) is 6.86. The molecule has 0 unspecified atom stereocenters. The Hall–Kier alpha value is -1.58. The van der Waals surface area contributed by atoms with Gasteiger partial charge in [-0.3, -0.25) is 0 Å². The quantitative estimate of drug-likeness (QED) is 0.859. The predicted octanol–water partition coefficient (Wildman–Crippen LogP) is 3.03. The molecule has 4 heteroatoms. The molecule has 3 rings (SSSR count). The first-order valence-electron chi connectivity index (χ1n) is 8.19. The molecule has 0 saturated heterocycles. The van der Waals surface area contributed by atoms with E-state index in [9.17, 15) is 14.3 Å². The molecule has 0 atom stereocenters. The van der Waals surface area contributed by atoms with E-state index in [1.54, 1.807) is 0 Å². The van der Waals surface area contributed by atoms with Crippen molar-refractivity contribution in [1.29, 1.82) is 0 Å². The van der Waals surface area contributed by atoms with Gasteiger partial charge in [0.25, 0.3) is 0 Å². The van der Waals surface area contributed by atoms with Crippen molar-refractivity contribution in [2.75, 3.05) is 0 Å². The van der Waals surface area contributed by atoms with Crippen molar-refractivity contribution in [2.45, 2.75) is 64.4 Å². The number of carboxylic acid groups (broad SMARTS) is 1. The summed E-state index contributed by atoms with van der Waals surface area (Å²) in [5.74, 6) is -1.26. The minimum absolute atomic E-state index is 0.0930. The van der Waals surface area contributed by atoms with E-state index in [1.807, 2.05) is 0 Å². The molecule has 0 heterocycles. The van der Waals surface area contributed by atoms with Crippen LogP contribution in [0.15, 0.2) is 6.07 Å². The third kappa shape index (κ3) is 2.38. The van der Waals surface area contributed by atoms with Crippen LogP contribution in [-0.4, -0.2) is 11.6 Å². The molecule has 1 saturated carbocycles. The van der Waals surface area contributed by atoms with Gasteiger partial charge >= 0.3 is 0 Å². The zero-order valence-corrected chi connectivity index (χ0v) is 13.2. The lowest BCUT2D eigenvalue weighted by Gasteiger charge is -2.35. The Kier molecular flexibility index (Phi) is 3.87. The van der Waals surface area contributed by atoms with Crippen LogP contribution in [0.1, 0.15) is 67.4 Å². The van der Waals surface area contributed by atoms with Gasteiger partial charge in [-0.05, 0) is 68.1 Å². The lowest BCUT2D eigenvalue weighted by Crippen LogP contribution is -2.39. The van der Waals surface area contributed by atoms with Gasteiger partial charge in [0.2, 0.25) is 0 Å². The van der Waals surface area contributed by atoms with Gasteiger partial charge in [0.05, 0.1) is 5.97 Å². The summed E-state index contributed by atoms with van der Waals surface area (Å²) >= 11 is 0. The van der Waals surface area contributed by atoms with Crippen LogP contribution >= 0.6 is 0 Å². The summed E-state index contributed by atoms with van der Waals surface area (Å²) in [4.78, 5) is 11.4. The summed E-state index contributed by atoms with van der Waals surface area (Å²) in [5.41, 5.74) is 0.820. The molecule has 0 bridgehead atoms. The van der Waals surface area contributed by atoms with Crippen LogP contribution in [0.5, 0.6) is 5.75 Å². The highest BCUT2D eigenvalue weighted by Crippen LogP contribution is 2.42. The van der Waals surface area contributed by atoms with Gasteiger partial charge in [0, 0.05) is 5.56 Å². The van der Waals surface area contributed by atoms with Gasteiger partial charge in [0.15, 0.2) is 11.6 Å². The summed E-state index contributed by atoms with van der Waals surface area (Å²) < 4.78 is 20.9. The topological polar surface area (TPSA) is 49.4 Å². The summed E-state index contributed by atoms with van der Waals surface area (Å²) in [7, 11) is 0. The minimum Gasteiger partial charge on any atom is -0.545 e. The van der Waals surface area contributed by atoms with E-state index in [4.69, 9.17) is 4.74 Å². The van der Waals surface area contributed by atoms with Gasteiger partial charge in [-0.15, -0.1) is 0 Å². The molecule has 2 aliphatic carbocycles. The van der Waals surface area contributed by atoms with Gasteiger partial charge in [0.1, 0.15) is 5.60 Å². The highest BCUT2D eigenvalue weighted by Gasteiger charge is 2.40. The van der Waals surface area contributed by atoms with Gasteiger partial charge in [-0.25, -0.2) is 4.39 Å². The second-order valence-corrected chi connectivity index (χ2v) is 6.86. The van der Waals surface area contributed by atoms with E-state index in [2.05, 4.69) is 13.8 Å². The minimum atomic E-state index is -1.24. The fourth-order valence-corrected chi connectivity index (χ4v) is 3.96. The Morgan fingerprint density at radius 2 is 1.86 bits per heavy atom. The second kappa shape index (κ2) is 5.56. The first-order valence-corrected chi connectivity index (χ1v) is 8.19. The van der Waals surface area contributed by atoms with E-state index in [1.165, 1.54) is 6.07 Å². The molecule has 2 aliphatic rings. The number of ether oxygens (including phenoxy) is 1. The maximum atomic E-state index is 14.8. The number of carboxylic acids is 1. The number of aromatic carboxylic acids is 1. The Morgan fingerprint density at radius 3 is 2.45 bits per heavy atom. The number of carbonyl (C=O) groups excluding carboxylic acids is 1. The predicted molar refractivity (Wildman–Crippen MR) is 79.4 cm³/mol. The molecular formula is C18H22FO3-. The Bertz CT molecular complexity index is 601. The highest BCUT2D eigenvalue weighted by atomic mass is 19.1. The molecule has 0 spiro atoms. The zero-order valence-electron chi connectivity index (χ0n) is 13.2. The summed E-state index contributed by atoms with van der Waals surface area (Å²) in [6, 6.07) is 1.34. The number of rotatable bonds is 4. The lowest BCUT2D eigenvalue weighted by molar-refractivity contribution is -0.255. The number of benzene rings is 1. The third-order valence-electron chi connectivity index (χ3n) is 5.33. The normalized spacial score (nSPS) is 19.5. The standard InChI is InChI=1S/C18H23FO3/c1-11(2)18(8-3-4-9-18)22-15-10-14(17(20)21)12-6-5-7-13(12)16(15)19/h10-11H,3-9H2,1-2H3,(H,20,21)/p-1. The average molecular weight is 305 g/mol. The average Bonchev–Trinajstić information content (AvgIpc) is 3.11. The molecule has 22 heavy (non-hydrogen) atoms. The zero-order chi connectivity index (χ0) is 15.9. The van der Waals surface area contributed by atoms with Crippen molar-refractivity contribution >= 4 is 5.97 Å². The van der Waals surface area contributed by atoms with Crippen molar-refractivity contribution in [3.05, 3.63) is 28.6 Å². The van der Waals surface area contributed by atoms with E-state index in [-0.39, 0.29) is 28.6 Å². The summed E-state index contributed by atoms with van der Waals surface area (Å²) in [5, 5.41) is 11.4. The molecule has 1 aromatic rings. The van der Waals surface area contributed by atoms with E-state index >= 15 is 0 Å². The van der Waals surface area contributed by atoms with Crippen molar-refractivity contribution < 1.29 is 19.0 Å². The largest absolute Gasteiger partial charge is 0.545 e. The van der Waals surface area contributed by atoms with Gasteiger partial charge in [-0.1, -0.05) is 13.8 Å². The molecule has 1 fully saturated rings.